The molecule has 0 aromatic rings. The zero-order chi connectivity index (χ0) is 20.3. The van der Waals surface area contributed by atoms with Crippen molar-refractivity contribution in [3.8, 4) is 0 Å². The van der Waals surface area contributed by atoms with E-state index >= 15 is 0 Å². The molecule has 0 aromatic heterocycles. The first-order valence-electron chi connectivity index (χ1n) is 10.3. The summed E-state index contributed by atoms with van der Waals surface area (Å²) in [5.41, 5.74) is 0.342. The summed E-state index contributed by atoms with van der Waals surface area (Å²) in [6.07, 6.45) is 9.07. The van der Waals surface area contributed by atoms with Crippen LogP contribution in [0.3, 0.4) is 0 Å². The van der Waals surface area contributed by atoms with Crippen molar-refractivity contribution in [3.05, 3.63) is 23.8 Å². The van der Waals surface area contributed by atoms with Gasteiger partial charge in [-0.05, 0) is 55.1 Å². The number of carbonyl (C=O) groups excluding carboxylic acids is 4. The molecule has 0 N–H and O–H groups in total. The fourth-order valence-electron chi connectivity index (χ4n) is 6.83. The zero-order valence-electron chi connectivity index (χ0n) is 16.8. The molecule has 0 saturated heterocycles. The molecule has 3 fully saturated rings. The molecule has 4 aliphatic rings. The molecule has 28 heavy (non-hydrogen) atoms. The van der Waals surface area contributed by atoms with Gasteiger partial charge in [0.05, 0.1) is 0 Å². The van der Waals surface area contributed by atoms with Crippen molar-refractivity contribution >= 4 is 23.3 Å². The van der Waals surface area contributed by atoms with Crippen LogP contribution in [0.5, 0.6) is 0 Å². The second-order valence-electron chi connectivity index (χ2n) is 9.50. The Morgan fingerprint density at radius 3 is 2.64 bits per heavy atom. The molecule has 0 bridgehead atoms. The number of hydrogen-bond acceptors (Lipinski definition) is 5. The van der Waals surface area contributed by atoms with Crippen molar-refractivity contribution in [1.82, 2.24) is 0 Å². The van der Waals surface area contributed by atoms with Gasteiger partial charge in [0.2, 0.25) is 0 Å². The van der Waals surface area contributed by atoms with Crippen LogP contribution in [0, 0.1) is 34.5 Å². The second kappa shape index (κ2) is 6.50. The molecule has 0 aliphatic heterocycles. The summed E-state index contributed by atoms with van der Waals surface area (Å²) in [6.45, 7) is 5.29. The number of ketones is 3. The minimum absolute atomic E-state index is 0.0102. The van der Waals surface area contributed by atoms with Gasteiger partial charge in [-0.3, -0.25) is 19.2 Å². The van der Waals surface area contributed by atoms with Crippen LogP contribution in [0.1, 0.15) is 52.9 Å². The van der Waals surface area contributed by atoms with E-state index in [-0.39, 0.29) is 52.5 Å². The van der Waals surface area contributed by atoms with Crippen molar-refractivity contribution in [2.45, 2.75) is 52.9 Å². The summed E-state index contributed by atoms with van der Waals surface area (Å²) < 4.78 is 4.95. The Balaban J connectivity index is 1.63. The summed E-state index contributed by atoms with van der Waals surface area (Å²) in [5.74, 6) is -0.0851. The number of carbonyl (C=O) groups is 4. The van der Waals surface area contributed by atoms with Gasteiger partial charge >= 0.3 is 5.97 Å². The zero-order valence-corrected chi connectivity index (χ0v) is 16.8. The van der Waals surface area contributed by atoms with Gasteiger partial charge in [-0.25, -0.2) is 0 Å². The highest BCUT2D eigenvalue weighted by Crippen LogP contribution is 2.64. The van der Waals surface area contributed by atoms with Crippen molar-refractivity contribution in [1.29, 1.82) is 0 Å². The molecule has 2 unspecified atom stereocenters. The molecule has 0 aromatic carbocycles. The van der Waals surface area contributed by atoms with Gasteiger partial charge in [0.15, 0.2) is 11.6 Å². The average Bonchev–Trinajstić information content (AvgIpc) is 2.96. The van der Waals surface area contributed by atoms with Gasteiger partial charge < -0.3 is 4.74 Å². The van der Waals surface area contributed by atoms with Crippen LogP contribution in [-0.4, -0.2) is 29.9 Å². The molecule has 5 nitrogen and oxygen atoms in total. The molecular weight excluding hydrogens is 356 g/mol. The lowest BCUT2D eigenvalue weighted by atomic mass is 9.47. The lowest BCUT2D eigenvalue weighted by molar-refractivity contribution is -0.152. The van der Waals surface area contributed by atoms with E-state index in [1.807, 2.05) is 6.08 Å². The number of hydrogen-bond donors (Lipinski definition) is 0. The van der Waals surface area contributed by atoms with Gasteiger partial charge in [0.1, 0.15) is 12.4 Å². The summed E-state index contributed by atoms with van der Waals surface area (Å²) in [6, 6.07) is 0. The Hall–Kier alpha value is -2.04. The van der Waals surface area contributed by atoms with E-state index in [4.69, 9.17) is 4.74 Å². The Bertz CT molecular complexity index is 821. The molecule has 0 amide bonds. The Labute approximate surface area is 165 Å². The lowest BCUT2D eigenvalue weighted by Gasteiger charge is -2.55. The van der Waals surface area contributed by atoms with Crippen LogP contribution in [0.15, 0.2) is 23.8 Å². The quantitative estimate of drug-likeness (QED) is 0.698. The highest BCUT2D eigenvalue weighted by molar-refractivity contribution is 6.02. The molecule has 3 saturated carbocycles. The molecule has 150 valence electrons. The lowest BCUT2D eigenvalue weighted by Crippen LogP contribution is -2.54. The molecule has 4 aliphatic carbocycles. The summed E-state index contributed by atoms with van der Waals surface area (Å²) in [4.78, 5) is 49.1. The van der Waals surface area contributed by atoms with E-state index < -0.39 is 5.97 Å². The Morgan fingerprint density at radius 1 is 1.18 bits per heavy atom. The minimum Gasteiger partial charge on any atom is -0.458 e. The molecule has 5 heteroatoms. The van der Waals surface area contributed by atoms with Gasteiger partial charge in [-0.1, -0.05) is 25.5 Å². The Kier molecular flexibility index (Phi) is 4.48. The Morgan fingerprint density at radius 2 is 1.93 bits per heavy atom. The maximum absolute atomic E-state index is 13.4. The van der Waals surface area contributed by atoms with Gasteiger partial charge in [-0.2, -0.15) is 0 Å². The van der Waals surface area contributed by atoms with Crippen molar-refractivity contribution in [2.24, 2.45) is 34.5 Å². The molecule has 4 rings (SSSR count). The summed E-state index contributed by atoms with van der Waals surface area (Å²) in [7, 11) is 0. The first kappa shape index (κ1) is 19.3. The summed E-state index contributed by atoms with van der Waals surface area (Å²) in [5, 5.41) is 0. The normalized spacial score (nSPS) is 41.6. The predicted octanol–water partition coefficient (Wildman–Crippen LogP) is 3.22. The van der Waals surface area contributed by atoms with E-state index in [2.05, 4.69) is 13.8 Å². The number of Topliss-reactive ketones (excluding diaryl/α,β-unsaturated/α-hetero) is 2. The van der Waals surface area contributed by atoms with Crippen LogP contribution in [-0.2, 0) is 23.9 Å². The highest BCUT2D eigenvalue weighted by atomic mass is 16.5. The van der Waals surface area contributed by atoms with E-state index in [1.54, 1.807) is 12.2 Å². The van der Waals surface area contributed by atoms with Gasteiger partial charge in [0.25, 0.3) is 0 Å². The van der Waals surface area contributed by atoms with Crippen LogP contribution in [0.2, 0.25) is 0 Å². The van der Waals surface area contributed by atoms with Crippen LogP contribution >= 0.6 is 0 Å². The molecule has 0 radical (unpaired) electrons. The SMILES string of the molecule is CC(=O)OCC(=O)[C@H]1CCC2[C@@H]3CCC4=CC(=O)C=C[C@]4(C)C3C(=O)C[C@@]21C. The third-order valence-electron chi connectivity index (χ3n) is 8.06. The third kappa shape index (κ3) is 2.73. The monoisotopic (exact) mass is 384 g/mol. The van der Waals surface area contributed by atoms with E-state index in [0.717, 1.165) is 31.3 Å². The second-order valence-corrected chi connectivity index (χ2v) is 9.50. The first-order chi connectivity index (χ1) is 13.2. The fourth-order valence-corrected chi connectivity index (χ4v) is 6.83. The van der Waals surface area contributed by atoms with Gasteiger partial charge in [-0.15, -0.1) is 0 Å². The fraction of sp³-hybridized carbons (Fsp3) is 0.652. The van der Waals surface area contributed by atoms with E-state index in [9.17, 15) is 19.2 Å². The smallest absolute Gasteiger partial charge is 0.303 e. The van der Waals surface area contributed by atoms with Crippen LogP contribution in [0.25, 0.3) is 0 Å². The first-order valence-corrected chi connectivity index (χ1v) is 10.3. The number of allylic oxidation sites excluding steroid dienone is 4. The topological polar surface area (TPSA) is 77.5 Å². The van der Waals surface area contributed by atoms with E-state index in [1.165, 1.54) is 6.92 Å². The number of esters is 1. The van der Waals surface area contributed by atoms with Crippen molar-refractivity contribution in [3.63, 3.8) is 0 Å². The molecule has 6 atom stereocenters. The standard InChI is InChI=1S/C23H28O5/c1-13(24)28-12-20(27)18-7-6-17-16-5-4-14-10-15(25)8-9-22(14,2)21(16)19(26)11-23(17,18)3/h8-10,16-18,21H,4-7,11-12H2,1-3H3/t16-,17?,18+,21?,22-,23-/m0/s1. The molecule has 0 spiro atoms. The third-order valence-corrected chi connectivity index (χ3v) is 8.06. The van der Waals surface area contributed by atoms with E-state index in [0.29, 0.717) is 12.3 Å². The highest BCUT2D eigenvalue weighted by Gasteiger charge is 2.62. The minimum atomic E-state index is -0.453. The van der Waals surface area contributed by atoms with Crippen molar-refractivity contribution in [2.75, 3.05) is 6.61 Å². The predicted molar refractivity (Wildman–Crippen MR) is 102 cm³/mol. The number of fused-ring (bicyclic) bond motifs is 5. The molecule has 0 heterocycles. The van der Waals surface area contributed by atoms with Gasteiger partial charge in [0, 0.05) is 30.6 Å². The van der Waals surface area contributed by atoms with Crippen molar-refractivity contribution < 1.29 is 23.9 Å². The maximum atomic E-state index is 13.4. The maximum Gasteiger partial charge on any atom is 0.303 e. The molecular formula is C23H28O5. The van der Waals surface area contributed by atoms with Crippen LogP contribution < -0.4 is 0 Å². The largest absolute Gasteiger partial charge is 0.458 e. The number of rotatable bonds is 3. The van der Waals surface area contributed by atoms with Crippen LogP contribution in [0.4, 0.5) is 0 Å². The number of ether oxygens (including phenoxy) is 1. The average molecular weight is 384 g/mol. The summed E-state index contributed by atoms with van der Waals surface area (Å²) >= 11 is 0.